The molecule has 3 heteroatoms. The first-order valence-corrected chi connectivity index (χ1v) is 10.7. The van der Waals surface area contributed by atoms with Gasteiger partial charge in [0.1, 0.15) is 6.61 Å². The Hall–Kier alpha value is -1.97. The molecule has 2 saturated carbocycles. The molecule has 2 aliphatic carbocycles. The smallest absolute Gasteiger partial charge is 0.161 e. The molecule has 2 aromatic carbocycles. The molecular formula is C25H31NO2. The molecule has 0 amide bonds. The summed E-state index contributed by atoms with van der Waals surface area (Å²) in [5, 5.41) is 0. The average Bonchev–Trinajstić information content (AvgIpc) is 3.59. The van der Waals surface area contributed by atoms with E-state index in [1.54, 1.807) is 0 Å². The highest BCUT2D eigenvalue weighted by atomic mass is 16.5. The van der Waals surface area contributed by atoms with E-state index in [-0.39, 0.29) is 6.10 Å². The summed E-state index contributed by atoms with van der Waals surface area (Å²) in [7, 11) is 0. The van der Waals surface area contributed by atoms with Crippen LogP contribution in [0.1, 0.15) is 49.7 Å². The minimum Gasteiger partial charge on any atom is -0.370 e. The molecule has 0 aliphatic heterocycles. The van der Waals surface area contributed by atoms with Gasteiger partial charge in [-0.25, -0.2) is 0 Å². The van der Waals surface area contributed by atoms with Crippen LogP contribution in [0.4, 0.5) is 0 Å². The van der Waals surface area contributed by atoms with Gasteiger partial charge in [-0.3, -0.25) is 9.69 Å². The van der Waals surface area contributed by atoms with Gasteiger partial charge in [0.15, 0.2) is 5.78 Å². The van der Waals surface area contributed by atoms with Crippen LogP contribution in [0.3, 0.4) is 0 Å². The molecule has 2 fully saturated rings. The van der Waals surface area contributed by atoms with Gasteiger partial charge in [0, 0.05) is 25.0 Å². The molecule has 0 heterocycles. The second-order valence-corrected chi connectivity index (χ2v) is 8.36. The molecule has 2 aliphatic rings. The second kappa shape index (κ2) is 9.49. The van der Waals surface area contributed by atoms with E-state index >= 15 is 0 Å². The SMILES string of the molecule is O=C(COC1CCC(N(Cc2ccccc2)Cc2ccccc2)CC1)C1CC1. The van der Waals surface area contributed by atoms with Crippen LogP contribution >= 0.6 is 0 Å². The Morgan fingerprint density at radius 3 is 1.82 bits per heavy atom. The zero-order valence-electron chi connectivity index (χ0n) is 16.6. The van der Waals surface area contributed by atoms with E-state index in [2.05, 4.69) is 65.6 Å². The lowest BCUT2D eigenvalue weighted by atomic mass is 9.91. The highest BCUT2D eigenvalue weighted by molar-refractivity contribution is 5.84. The average molecular weight is 378 g/mol. The largest absolute Gasteiger partial charge is 0.370 e. The minimum atomic E-state index is 0.259. The zero-order chi connectivity index (χ0) is 19.2. The van der Waals surface area contributed by atoms with Gasteiger partial charge < -0.3 is 4.74 Å². The standard InChI is InChI=1S/C25H31NO2/c27-25(22-11-12-22)19-28-24-15-13-23(14-16-24)26(17-20-7-3-1-4-8-20)18-21-9-5-2-6-10-21/h1-10,22-24H,11-19H2. The predicted octanol–water partition coefficient (Wildman–Crippen LogP) is 5.00. The van der Waals surface area contributed by atoms with Gasteiger partial charge in [-0.1, -0.05) is 60.7 Å². The lowest BCUT2D eigenvalue weighted by molar-refractivity contribution is -0.127. The van der Waals surface area contributed by atoms with Gasteiger partial charge in [0.05, 0.1) is 6.10 Å². The molecule has 2 aromatic rings. The van der Waals surface area contributed by atoms with Crippen LogP contribution in [0, 0.1) is 5.92 Å². The lowest BCUT2D eigenvalue weighted by Crippen LogP contribution is -2.39. The van der Waals surface area contributed by atoms with Crippen LogP contribution in [0.15, 0.2) is 60.7 Å². The molecule has 0 spiro atoms. The normalized spacial score (nSPS) is 22.3. The quantitative estimate of drug-likeness (QED) is 0.616. The lowest BCUT2D eigenvalue weighted by Gasteiger charge is -2.37. The monoisotopic (exact) mass is 377 g/mol. The maximum atomic E-state index is 11.9. The summed E-state index contributed by atoms with van der Waals surface area (Å²) in [6.45, 7) is 2.29. The molecule has 3 nitrogen and oxygen atoms in total. The van der Waals surface area contributed by atoms with Crippen molar-refractivity contribution in [1.29, 1.82) is 0 Å². The predicted molar refractivity (Wildman–Crippen MR) is 112 cm³/mol. The summed E-state index contributed by atoms with van der Waals surface area (Å²) in [6.07, 6.45) is 6.80. The van der Waals surface area contributed by atoms with Gasteiger partial charge in [-0.2, -0.15) is 0 Å². The van der Waals surface area contributed by atoms with E-state index < -0.39 is 0 Å². The van der Waals surface area contributed by atoms with Gasteiger partial charge in [0.2, 0.25) is 0 Å². The third-order valence-electron chi connectivity index (χ3n) is 6.11. The molecule has 0 saturated heterocycles. The third kappa shape index (κ3) is 5.52. The summed E-state index contributed by atoms with van der Waals surface area (Å²) in [5.41, 5.74) is 2.73. The van der Waals surface area contributed by atoms with Crippen molar-refractivity contribution in [2.45, 2.75) is 63.8 Å². The summed E-state index contributed by atoms with van der Waals surface area (Å²) in [5.74, 6) is 0.625. The topological polar surface area (TPSA) is 29.5 Å². The Bertz CT molecular complexity index is 692. The number of ketones is 1. The van der Waals surface area contributed by atoms with Crippen LogP contribution in [0.5, 0.6) is 0 Å². The van der Waals surface area contributed by atoms with Crippen LogP contribution in [-0.4, -0.2) is 29.4 Å². The Morgan fingerprint density at radius 2 is 1.32 bits per heavy atom. The van der Waals surface area contributed by atoms with Crippen molar-refractivity contribution in [2.24, 2.45) is 5.92 Å². The highest BCUT2D eigenvalue weighted by Crippen LogP contribution is 2.31. The van der Waals surface area contributed by atoms with E-state index in [1.807, 2.05) is 0 Å². The summed E-state index contributed by atoms with van der Waals surface area (Å²) >= 11 is 0. The van der Waals surface area contributed by atoms with Crippen LogP contribution in [-0.2, 0) is 22.6 Å². The molecule has 0 radical (unpaired) electrons. The summed E-state index contributed by atoms with van der Waals surface area (Å²) in [6, 6.07) is 22.1. The number of hydrogen-bond donors (Lipinski definition) is 0. The molecule has 0 unspecified atom stereocenters. The molecule has 0 N–H and O–H groups in total. The van der Waals surface area contributed by atoms with E-state index in [9.17, 15) is 4.79 Å². The van der Waals surface area contributed by atoms with E-state index in [4.69, 9.17) is 4.74 Å². The second-order valence-electron chi connectivity index (χ2n) is 8.36. The summed E-state index contributed by atoms with van der Waals surface area (Å²) < 4.78 is 5.94. The fourth-order valence-electron chi connectivity index (χ4n) is 4.25. The van der Waals surface area contributed by atoms with Gasteiger partial charge >= 0.3 is 0 Å². The highest BCUT2D eigenvalue weighted by Gasteiger charge is 2.31. The first kappa shape index (κ1) is 19.4. The number of carbonyl (C=O) groups is 1. The Kier molecular flexibility index (Phi) is 6.56. The fraction of sp³-hybridized carbons (Fsp3) is 0.480. The molecule has 0 bridgehead atoms. The van der Waals surface area contributed by atoms with Crippen molar-refractivity contribution in [3.63, 3.8) is 0 Å². The van der Waals surface area contributed by atoms with Gasteiger partial charge in [0.25, 0.3) is 0 Å². The Labute approximate surface area is 168 Å². The molecule has 4 rings (SSSR count). The number of carbonyl (C=O) groups excluding carboxylic acids is 1. The number of ether oxygens (including phenoxy) is 1. The number of Topliss-reactive ketones (excluding diaryl/α,β-unsaturated/α-hetero) is 1. The summed E-state index contributed by atoms with van der Waals surface area (Å²) in [4.78, 5) is 14.5. The van der Waals surface area contributed by atoms with Crippen molar-refractivity contribution in [2.75, 3.05) is 6.61 Å². The first-order chi connectivity index (χ1) is 13.8. The molecule has 0 atom stereocenters. The molecular weight excluding hydrogens is 346 g/mol. The first-order valence-electron chi connectivity index (χ1n) is 10.7. The van der Waals surface area contributed by atoms with Crippen molar-refractivity contribution in [3.8, 4) is 0 Å². The number of benzene rings is 2. The Balaban J connectivity index is 1.34. The van der Waals surface area contributed by atoms with Crippen molar-refractivity contribution < 1.29 is 9.53 Å². The van der Waals surface area contributed by atoms with Gasteiger partial charge in [-0.15, -0.1) is 0 Å². The number of hydrogen-bond acceptors (Lipinski definition) is 3. The third-order valence-corrected chi connectivity index (χ3v) is 6.11. The number of nitrogens with zero attached hydrogens (tertiary/aromatic N) is 1. The maximum Gasteiger partial charge on any atom is 0.161 e. The Morgan fingerprint density at radius 1 is 0.786 bits per heavy atom. The van der Waals surface area contributed by atoms with E-state index in [0.717, 1.165) is 51.6 Å². The van der Waals surface area contributed by atoms with E-state index in [1.165, 1.54) is 11.1 Å². The van der Waals surface area contributed by atoms with E-state index in [0.29, 0.717) is 24.3 Å². The molecule has 28 heavy (non-hydrogen) atoms. The van der Waals surface area contributed by atoms with Crippen LogP contribution in [0.25, 0.3) is 0 Å². The minimum absolute atomic E-state index is 0.259. The van der Waals surface area contributed by atoms with Crippen LogP contribution in [0.2, 0.25) is 0 Å². The van der Waals surface area contributed by atoms with Crippen molar-refractivity contribution in [3.05, 3.63) is 71.8 Å². The molecule has 0 aromatic heterocycles. The van der Waals surface area contributed by atoms with Gasteiger partial charge in [-0.05, 0) is 49.7 Å². The van der Waals surface area contributed by atoms with Crippen molar-refractivity contribution >= 4 is 5.78 Å². The number of rotatable bonds is 9. The van der Waals surface area contributed by atoms with Crippen molar-refractivity contribution in [1.82, 2.24) is 4.90 Å². The van der Waals surface area contributed by atoms with Crippen LogP contribution < -0.4 is 0 Å². The zero-order valence-corrected chi connectivity index (χ0v) is 16.6. The fourth-order valence-corrected chi connectivity index (χ4v) is 4.25. The molecule has 148 valence electrons. The maximum absolute atomic E-state index is 11.9.